The topological polar surface area (TPSA) is 33.5 Å². The minimum absolute atomic E-state index is 0.00313. The van der Waals surface area contributed by atoms with Crippen molar-refractivity contribution in [1.82, 2.24) is 5.32 Å². The molecular weight excluding hydrogens is 272 g/mol. The summed E-state index contributed by atoms with van der Waals surface area (Å²) in [5.74, 6) is 0.00313. The van der Waals surface area contributed by atoms with E-state index in [-0.39, 0.29) is 11.9 Å². The average molecular weight is 297 g/mol. The van der Waals surface area contributed by atoms with E-state index < -0.39 is 0 Å². The second-order valence-corrected chi connectivity index (χ2v) is 6.00. The molecule has 0 unspecified atom stereocenters. The number of benzene rings is 2. The van der Waals surface area contributed by atoms with Gasteiger partial charge in [0, 0.05) is 11.1 Å². The molecule has 3 heteroatoms. The molecule has 0 aromatic heterocycles. The second kappa shape index (κ2) is 7.23. The molecule has 0 fully saturated rings. The number of quaternary nitrogens is 1. The Morgan fingerprint density at radius 2 is 1.73 bits per heavy atom. The highest BCUT2D eigenvalue weighted by Gasteiger charge is 2.19. The number of hydrogen-bond donors (Lipinski definition) is 2. The third kappa shape index (κ3) is 3.74. The van der Waals surface area contributed by atoms with Crippen molar-refractivity contribution in [2.75, 3.05) is 20.6 Å². The van der Waals surface area contributed by atoms with Crippen molar-refractivity contribution < 1.29 is 9.69 Å². The number of carbonyl (C=O) groups excluding carboxylic acids is 1. The molecule has 0 aliphatic carbocycles. The van der Waals surface area contributed by atoms with Crippen LogP contribution in [0.15, 0.2) is 48.5 Å². The summed E-state index contributed by atoms with van der Waals surface area (Å²) in [7, 11) is 4.23. The molecule has 0 radical (unpaired) electrons. The minimum atomic E-state index is 0.00313. The van der Waals surface area contributed by atoms with Gasteiger partial charge < -0.3 is 10.2 Å². The number of nitrogens with one attached hydrogen (secondary N) is 2. The monoisotopic (exact) mass is 297 g/mol. The maximum atomic E-state index is 12.5. The van der Waals surface area contributed by atoms with Crippen LogP contribution in [0, 0.1) is 13.8 Å². The number of amides is 1. The quantitative estimate of drug-likeness (QED) is 0.868. The molecule has 116 valence electrons. The third-order valence-corrected chi connectivity index (χ3v) is 4.21. The van der Waals surface area contributed by atoms with Crippen molar-refractivity contribution in [1.29, 1.82) is 0 Å². The predicted octanol–water partition coefficient (Wildman–Crippen LogP) is 1.92. The van der Waals surface area contributed by atoms with Gasteiger partial charge >= 0.3 is 0 Å². The van der Waals surface area contributed by atoms with Gasteiger partial charge in [0.15, 0.2) is 0 Å². The maximum Gasteiger partial charge on any atom is 0.251 e. The van der Waals surface area contributed by atoms with E-state index in [4.69, 9.17) is 0 Å². The molecule has 0 spiro atoms. The zero-order valence-corrected chi connectivity index (χ0v) is 13.8. The standard InChI is InChI=1S/C19H24N2O/c1-14-9-8-12-17(15(14)2)19(22)20-13-18(21(3)4)16-10-6-5-7-11-16/h5-12,18H,13H2,1-4H3,(H,20,22)/p+1/t18-/m1/s1. The molecule has 0 aliphatic heterocycles. The Labute approximate surface area is 133 Å². The van der Waals surface area contributed by atoms with Gasteiger partial charge in [-0.1, -0.05) is 42.5 Å². The van der Waals surface area contributed by atoms with E-state index in [0.29, 0.717) is 6.54 Å². The summed E-state index contributed by atoms with van der Waals surface area (Å²) in [6, 6.07) is 16.4. The van der Waals surface area contributed by atoms with Gasteiger partial charge in [-0.15, -0.1) is 0 Å². The normalized spacial score (nSPS) is 12.2. The molecule has 0 saturated heterocycles. The maximum absolute atomic E-state index is 12.5. The highest BCUT2D eigenvalue weighted by molar-refractivity contribution is 5.95. The van der Waals surface area contributed by atoms with Crippen LogP contribution in [0.1, 0.15) is 33.1 Å². The molecule has 2 rings (SSSR count). The third-order valence-electron chi connectivity index (χ3n) is 4.21. The van der Waals surface area contributed by atoms with Crippen molar-refractivity contribution >= 4 is 5.91 Å². The fraction of sp³-hybridized carbons (Fsp3) is 0.316. The van der Waals surface area contributed by atoms with Gasteiger partial charge in [0.25, 0.3) is 5.91 Å². The van der Waals surface area contributed by atoms with E-state index in [1.807, 2.05) is 50.2 Å². The molecule has 2 aromatic carbocycles. The molecule has 2 N–H and O–H groups in total. The van der Waals surface area contributed by atoms with Gasteiger partial charge in [-0.25, -0.2) is 0 Å². The Kier molecular flexibility index (Phi) is 5.34. The lowest BCUT2D eigenvalue weighted by Gasteiger charge is -2.22. The smallest absolute Gasteiger partial charge is 0.251 e. The van der Waals surface area contributed by atoms with Crippen molar-refractivity contribution in [2.45, 2.75) is 19.9 Å². The van der Waals surface area contributed by atoms with E-state index >= 15 is 0 Å². The molecular formula is C19H25N2O+. The van der Waals surface area contributed by atoms with Crippen LogP contribution in [0.4, 0.5) is 0 Å². The first-order valence-electron chi connectivity index (χ1n) is 7.70. The van der Waals surface area contributed by atoms with E-state index in [0.717, 1.165) is 16.7 Å². The van der Waals surface area contributed by atoms with Crippen LogP contribution in [0.2, 0.25) is 0 Å². The summed E-state index contributed by atoms with van der Waals surface area (Å²) in [6.07, 6.45) is 0. The molecule has 0 bridgehead atoms. The van der Waals surface area contributed by atoms with Gasteiger partial charge in [-0.05, 0) is 31.0 Å². The molecule has 0 saturated carbocycles. The number of likely N-dealkylation sites (N-methyl/N-ethyl adjacent to an activating group) is 1. The Morgan fingerprint density at radius 3 is 2.36 bits per heavy atom. The molecule has 0 aliphatic rings. The van der Waals surface area contributed by atoms with Crippen molar-refractivity contribution in [2.24, 2.45) is 0 Å². The summed E-state index contributed by atoms with van der Waals surface area (Å²) >= 11 is 0. The van der Waals surface area contributed by atoms with Crippen molar-refractivity contribution in [3.8, 4) is 0 Å². The largest absolute Gasteiger partial charge is 0.346 e. The Hall–Kier alpha value is -2.13. The molecule has 1 atom stereocenters. The number of hydrogen-bond acceptors (Lipinski definition) is 1. The minimum Gasteiger partial charge on any atom is -0.346 e. The summed E-state index contributed by atoms with van der Waals surface area (Å²) in [6.45, 7) is 4.65. The lowest BCUT2D eigenvalue weighted by molar-refractivity contribution is -0.890. The number of carbonyl (C=O) groups is 1. The highest BCUT2D eigenvalue weighted by atomic mass is 16.1. The molecule has 22 heavy (non-hydrogen) atoms. The van der Waals surface area contributed by atoms with Gasteiger partial charge in [0.05, 0.1) is 20.6 Å². The molecule has 0 heterocycles. The molecule has 3 nitrogen and oxygen atoms in total. The van der Waals surface area contributed by atoms with Crippen LogP contribution in [-0.4, -0.2) is 26.5 Å². The van der Waals surface area contributed by atoms with Crippen LogP contribution in [0.5, 0.6) is 0 Å². The van der Waals surface area contributed by atoms with Gasteiger partial charge in [0.2, 0.25) is 0 Å². The molecule has 2 aromatic rings. The number of rotatable bonds is 5. The Morgan fingerprint density at radius 1 is 1.05 bits per heavy atom. The molecule has 1 amide bonds. The lowest BCUT2D eigenvalue weighted by Crippen LogP contribution is -3.07. The highest BCUT2D eigenvalue weighted by Crippen LogP contribution is 2.13. The first-order valence-corrected chi connectivity index (χ1v) is 7.70. The number of aryl methyl sites for hydroxylation is 1. The van der Waals surface area contributed by atoms with E-state index in [1.54, 1.807) is 0 Å². The van der Waals surface area contributed by atoms with Gasteiger partial charge in [-0.3, -0.25) is 4.79 Å². The summed E-state index contributed by atoms with van der Waals surface area (Å²) in [4.78, 5) is 13.8. The summed E-state index contributed by atoms with van der Waals surface area (Å²) < 4.78 is 0. The van der Waals surface area contributed by atoms with E-state index in [1.165, 1.54) is 10.5 Å². The summed E-state index contributed by atoms with van der Waals surface area (Å²) in [5.41, 5.74) is 4.20. The fourth-order valence-corrected chi connectivity index (χ4v) is 2.63. The predicted molar refractivity (Wildman–Crippen MR) is 90.2 cm³/mol. The average Bonchev–Trinajstić information content (AvgIpc) is 2.50. The zero-order valence-electron chi connectivity index (χ0n) is 13.8. The fourth-order valence-electron chi connectivity index (χ4n) is 2.63. The Bertz CT molecular complexity index is 635. The van der Waals surface area contributed by atoms with Crippen LogP contribution < -0.4 is 10.2 Å². The van der Waals surface area contributed by atoms with Gasteiger partial charge in [-0.2, -0.15) is 0 Å². The second-order valence-electron chi connectivity index (χ2n) is 6.00. The van der Waals surface area contributed by atoms with Crippen molar-refractivity contribution in [3.63, 3.8) is 0 Å². The van der Waals surface area contributed by atoms with Crippen molar-refractivity contribution in [3.05, 3.63) is 70.8 Å². The van der Waals surface area contributed by atoms with Gasteiger partial charge in [0.1, 0.15) is 6.04 Å². The zero-order chi connectivity index (χ0) is 16.1. The first kappa shape index (κ1) is 16.2. The van der Waals surface area contributed by atoms with E-state index in [9.17, 15) is 4.79 Å². The SMILES string of the molecule is Cc1cccc(C(=O)NC[C@H](c2ccccc2)[NH+](C)C)c1C. The van der Waals surface area contributed by atoms with E-state index in [2.05, 4.69) is 31.5 Å². The van der Waals surface area contributed by atoms with Crippen LogP contribution in [0.25, 0.3) is 0 Å². The Balaban J connectivity index is 2.10. The van der Waals surface area contributed by atoms with Crippen LogP contribution in [-0.2, 0) is 0 Å². The lowest BCUT2D eigenvalue weighted by atomic mass is 10.0. The van der Waals surface area contributed by atoms with Crippen LogP contribution >= 0.6 is 0 Å². The first-order chi connectivity index (χ1) is 10.5. The van der Waals surface area contributed by atoms with Crippen LogP contribution in [0.3, 0.4) is 0 Å². The summed E-state index contributed by atoms with van der Waals surface area (Å²) in [5, 5.41) is 3.09.